The van der Waals surface area contributed by atoms with E-state index in [1.165, 1.54) is 0 Å². The summed E-state index contributed by atoms with van der Waals surface area (Å²) in [5.74, 6) is 1.40. The summed E-state index contributed by atoms with van der Waals surface area (Å²) >= 11 is 0. The Hall–Kier alpha value is -1.66. The number of hydrogen-bond acceptors (Lipinski definition) is 5. The van der Waals surface area contributed by atoms with Crippen LogP contribution in [0.1, 0.15) is 25.7 Å². The SMILES string of the molecule is CN(C)CC(=O)N1CCC2(CC1)OCC[C@@H]2CCOc1ccccn1. The molecule has 2 aliphatic heterocycles. The highest BCUT2D eigenvalue weighted by atomic mass is 16.5. The highest BCUT2D eigenvalue weighted by Gasteiger charge is 2.46. The lowest BCUT2D eigenvalue weighted by molar-refractivity contribution is -0.138. The Labute approximate surface area is 150 Å². The number of rotatable bonds is 6. The van der Waals surface area contributed by atoms with Gasteiger partial charge in [-0.3, -0.25) is 4.79 Å². The summed E-state index contributed by atoms with van der Waals surface area (Å²) in [5.41, 5.74) is -0.0671. The van der Waals surface area contributed by atoms with Crippen LogP contribution in [0, 0.1) is 5.92 Å². The van der Waals surface area contributed by atoms with Crippen LogP contribution in [0.15, 0.2) is 24.4 Å². The molecular formula is C19H29N3O3. The van der Waals surface area contributed by atoms with Gasteiger partial charge in [-0.25, -0.2) is 4.98 Å². The molecule has 25 heavy (non-hydrogen) atoms. The molecule has 1 amide bonds. The van der Waals surface area contributed by atoms with Gasteiger partial charge in [-0.15, -0.1) is 0 Å². The summed E-state index contributed by atoms with van der Waals surface area (Å²) in [6.07, 6.45) is 5.66. The van der Waals surface area contributed by atoms with Crippen molar-refractivity contribution in [3.05, 3.63) is 24.4 Å². The number of carbonyl (C=O) groups is 1. The highest BCUT2D eigenvalue weighted by Crippen LogP contribution is 2.42. The number of piperidine rings is 1. The first kappa shape index (κ1) is 18.1. The third-order valence-electron chi connectivity index (χ3n) is 5.37. The van der Waals surface area contributed by atoms with E-state index in [0.717, 1.165) is 45.4 Å². The lowest BCUT2D eigenvalue weighted by atomic mass is 9.78. The molecule has 0 saturated carbocycles. The standard InChI is InChI=1S/C19H29N3O3/c1-21(2)15-18(23)22-11-8-19(9-12-22)16(7-14-25-19)6-13-24-17-5-3-4-10-20-17/h3-5,10,16H,6-9,11-15H2,1-2H3/t16-/m0/s1. The van der Waals surface area contributed by atoms with E-state index < -0.39 is 0 Å². The van der Waals surface area contributed by atoms with Gasteiger partial charge in [-0.05, 0) is 51.8 Å². The average Bonchev–Trinajstić information content (AvgIpc) is 2.98. The molecule has 6 heteroatoms. The normalized spacial score (nSPS) is 22.5. The largest absolute Gasteiger partial charge is 0.478 e. The first-order valence-corrected chi connectivity index (χ1v) is 9.19. The lowest BCUT2D eigenvalue weighted by Gasteiger charge is -2.42. The number of nitrogens with zero attached hydrogens (tertiary/aromatic N) is 3. The van der Waals surface area contributed by atoms with E-state index in [4.69, 9.17) is 9.47 Å². The number of amides is 1. The first-order chi connectivity index (χ1) is 12.1. The molecule has 2 fully saturated rings. The molecule has 6 nitrogen and oxygen atoms in total. The predicted molar refractivity (Wildman–Crippen MR) is 95.5 cm³/mol. The molecule has 0 radical (unpaired) electrons. The number of likely N-dealkylation sites (tertiary alicyclic amines) is 1. The fraction of sp³-hybridized carbons (Fsp3) is 0.684. The molecule has 0 N–H and O–H groups in total. The summed E-state index contributed by atoms with van der Waals surface area (Å²) < 4.78 is 12.0. The molecule has 2 saturated heterocycles. The quantitative estimate of drug-likeness (QED) is 0.786. The fourth-order valence-electron chi connectivity index (χ4n) is 3.99. The summed E-state index contributed by atoms with van der Waals surface area (Å²) in [5, 5.41) is 0. The van der Waals surface area contributed by atoms with E-state index in [9.17, 15) is 4.79 Å². The third-order valence-corrected chi connectivity index (χ3v) is 5.37. The number of carbonyl (C=O) groups excluding carboxylic acids is 1. The second kappa shape index (κ2) is 8.15. The highest BCUT2D eigenvalue weighted by molar-refractivity contribution is 5.78. The molecule has 0 unspecified atom stereocenters. The Morgan fingerprint density at radius 1 is 1.40 bits per heavy atom. The van der Waals surface area contributed by atoms with E-state index in [1.54, 1.807) is 6.20 Å². The molecule has 138 valence electrons. The maximum Gasteiger partial charge on any atom is 0.236 e. The summed E-state index contributed by atoms with van der Waals surface area (Å²) in [4.78, 5) is 20.3. The number of likely N-dealkylation sites (N-methyl/N-ethyl adjacent to an activating group) is 1. The smallest absolute Gasteiger partial charge is 0.236 e. The van der Waals surface area contributed by atoms with Gasteiger partial charge in [-0.2, -0.15) is 0 Å². The van der Waals surface area contributed by atoms with Crippen LogP contribution in [0.25, 0.3) is 0 Å². The van der Waals surface area contributed by atoms with Crippen molar-refractivity contribution in [1.29, 1.82) is 0 Å². The van der Waals surface area contributed by atoms with E-state index in [-0.39, 0.29) is 11.5 Å². The van der Waals surface area contributed by atoms with Gasteiger partial charge in [0.25, 0.3) is 0 Å². The monoisotopic (exact) mass is 347 g/mol. The molecule has 1 aromatic heterocycles. The fourth-order valence-corrected chi connectivity index (χ4v) is 3.99. The zero-order chi connectivity index (χ0) is 17.7. The summed E-state index contributed by atoms with van der Waals surface area (Å²) in [7, 11) is 3.86. The zero-order valence-corrected chi connectivity index (χ0v) is 15.3. The minimum absolute atomic E-state index is 0.0671. The maximum absolute atomic E-state index is 12.2. The second-order valence-corrected chi connectivity index (χ2v) is 7.32. The molecule has 3 rings (SSSR count). The molecule has 1 spiro atoms. The zero-order valence-electron chi connectivity index (χ0n) is 15.3. The molecular weight excluding hydrogens is 318 g/mol. The van der Waals surface area contributed by atoms with Crippen LogP contribution in [0.4, 0.5) is 0 Å². The number of aromatic nitrogens is 1. The molecule has 0 aliphatic carbocycles. The van der Waals surface area contributed by atoms with Crippen molar-refractivity contribution in [3.8, 4) is 5.88 Å². The Morgan fingerprint density at radius 3 is 2.88 bits per heavy atom. The summed E-state index contributed by atoms with van der Waals surface area (Å²) in [6, 6.07) is 5.71. The van der Waals surface area contributed by atoms with Crippen molar-refractivity contribution >= 4 is 5.91 Å². The van der Waals surface area contributed by atoms with Gasteiger partial charge >= 0.3 is 0 Å². The van der Waals surface area contributed by atoms with Gasteiger partial charge < -0.3 is 19.3 Å². The number of hydrogen-bond donors (Lipinski definition) is 0. The minimum atomic E-state index is -0.0671. The lowest BCUT2D eigenvalue weighted by Crippen LogP contribution is -2.51. The van der Waals surface area contributed by atoms with Crippen molar-refractivity contribution in [2.24, 2.45) is 5.92 Å². The second-order valence-electron chi connectivity index (χ2n) is 7.32. The molecule has 0 bridgehead atoms. The third kappa shape index (κ3) is 4.50. The van der Waals surface area contributed by atoms with Crippen LogP contribution in [0.2, 0.25) is 0 Å². The van der Waals surface area contributed by atoms with E-state index in [1.807, 2.05) is 42.1 Å². The van der Waals surface area contributed by atoms with Crippen LogP contribution in [0.5, 0.6) is 5.88 Å². The Kier molecular flexibility index (Phi) is 5.91. The van der Waals surface area contributed by atoms with E-state index >= 15 is 0 Å². The van der Waals surface area contributed by atoms with Gasteiger partial charge in [0.15, 0.2) is 0 Å². The Morgan fingerprint density at radius 2 is 2.20 bits per heavy atom. The van der Waals surface area contributed by atoms with Crippen LogP contribution in [0.3, 0.4) is 0 Å². The number of pyridine rings is 1. The van der Waals surface area contributed by atoms with Crippen molar-refractivity contribution in [3.63, 3.8) is 0 Å². The molecule has 1 aromatic rings. The Bertz CT molecular complexity index is 556. The van der Waals surface area contributed by atoms with Crippen molar-refractivity contribution < 1.29 is 14.3 Å². The van der Waals surface area contributed by atoms with E-state index in [2.05, 4.69) is 4.98 Å². The molecule has 0 aromatic carbocycles. The molecule has 1 atom stereocenters. The van der Waals surface area contributed by atoms with Crippen LogP contribution >= 0.6 is 0 Å². The average molecular weight is 347 g/mol. The van der Waals surface area contributed by atoms with Crippen molar-refractivity contribution in [1.82, 2.24) is 14.8 Å². The van der Waals surface area contributed by atoms with Gasteiger partial charge in [0.1, 0.15) is 0 Å². The van der Waals surface area contributed by atoms with Gasteiger partial charge in [0, 0.05) is 32.0 Å². The molecule has 3 heterocycles. The Balaban J connectivity index is 1.49. The first-order valence-electron chi connectivity index (χ1n) is 9.19. The summed E-state index contributed by atoms with van der Waals surface area (Å²) in [6.45, 7) is 3.56. The number of ether oxygens (including phenoxy) is 2. The molecule has 2 aliphatic rings. The van der Waals surface area contributed by atoms with Crippen molar-refractivity contribution in [2.75, 3.05) is 46.9 Å². The van der Waals surface area contributed by atoms with Gasteiger partial charge in [-0.1, -0.05) is 6.07 Å². The van der Waals surface area contributed by atoms with Gasteiger partial charge in [0.05, 0.1) is 18.8 Å². The van der Waals surface area contributed by atoms with Gasteiger partial charge in [0.2, 0.25) is 11.8 Å². The predicted octanol–water partition coefficient (Wildman–Crippen LogP) is 1.81. The topological polar surface area (TPSA) is 54.9 Å². The van der Waals surface area contributed by atoms with Crippen LogP contribution in [-0.4, -0.2) is 73.2 Å². The van der Waals surface area contributed by atoms with Crippen LogP contribution in [-0.2, 0) is 9.53 Å². The minimum Gasteiger partial charge on any atom is -0.478 e. The van der Waals surface area contributed by atoms with Crippen molar-refractivity contribution in [2.45, 2.75) is 31.3 Å². The maximum atomic E-state index is 12.2. The van der Waals surface area contributed by atoms with E-state index in [0.29, 0.717) is 24.9 Å². The van der Waals surface area contributed by atoms with Crippen LogP contribution < -0.4 is 4.74 Å².